The van der Waals surface area contributed by atoms with Crippen LogP contribution < -0.4 is 16.8 Å². The summed E-state index contributed by atoms with van der Waals surface area (Å²) >= 11 is 0. The molecule has 3 N–H and O–H groups in total. The predicted molar refractivity (Wildman–Crippen MR) is 77.3 cm³/mol. The average Bonchev–Trinajstić information content (AvgIpc) is 2.49. The summed E-state index contributed by atoms with van der Waals surface area (Å²) in [6, 6.07) is 9.68. The van der Waals surface area contributed by atoms with Gasteiger partial charge < -0.3 is 0 Å². The summed E-state index contributed by atoms with van der Waals surface area (Å²) in [6.07, 6.45) is 0. The van der Waals surface area contributed by atoms with E-state index in [9.17, 15) is 9.59 Å². The smallest absolute Gasteiger partial charge is 0.294 e. The van der Waals surface area contributed by atoms with Crippen LogP contribution in [0.1, 0.15) is 29.9 Å². The topological polar surface area (TPSA) is 103 Å². The van der Waals surface area contributed by atoms with E-state index in [-0.39, 0.29) is 5.69 Å². The van der Waals surface area contributed by atoms with Crippen LogP contribution in [-0.2, 0) is 11.3 Å². The molecule has 7 heteroatoms. The third kappa shape index (κ3) is 3.32. The van der Waals surface area contributed by atoms with Crippen LogP contribution in [0.4, 0.5) is 0 Å². The number of rotatable bonds is 4. The van der Waals surface area contributed by atoms with Crippen LogP contribution in [-0.4, -0.2) is 20.7 Å². The molecule has 1 amide bonds. The minimum Gasteiger partial charge on any atom is -0.294 e. The molecular weight excluding hydrogens is 270 g/mol. The monoisotopic (exact) mass is 287 g/mol. The van der Waals surface area contributed by atoms with Gasteiger partial charge in [-0.15, -0.1) is 0 Å². The number of benzene rings is 1. The summed E-state index contributed by atoms with van der Waals surface area (Å²) in [5.74, 6) is 4.36. The Balaban J connectivity index is 2.39. The van der Waals surface area contributed by atoms with Crippen LogP contribution in [0.3, 0.4) is 0 Å². The fraction of sp³-hybridized carbons (Fsp3) is 0.286. The number of hydrogen-bond acceptors (Lipinski definition) is 5. The van der Waals surface area contributed by atoms with Gasteiger partial charge >= 0.3 is 0 Å². The van der Waals surface area contributed by atoms with Gasteiger partial charge in [0.05, 0.1) is 12.5 Å². The highest BCUT2D eigenvalue weighted by Gasteiger charge is 2.21. The van der Waals surface area contributed by atoms with Gasteiger partial charge in [-0.3, -0.25) is 15.0 Å². The second-order valence-corrected chi connectivity index (χ2v) is 4.72. The molecular formula is C14H17N5O2. The lowest BCUT2D eigenvalue weighted by atomic mass is 10.1. The van der Waals surface area contributed by atoms with Crippen LogP contribution in [0.2, 0.25) is 0 Å². The van der Waals surface area contributed by atoms with Gasteiger partial charge in [0.15, 0.2) is 0 Å². The fourth-order valence-electron chi connectivity index (χ4n) is 1.93. The molecule has 7 nitrogen and oxygen atoms in total. The number of nitrogens with two attached hydrogens (primary N) is 1. The van der Waals surface area contributed by atoms with Crippen LogP contribution >= 0.6 is 0 Å². The molecule has 1 aromatic heterocycles. The Morgan fingerprint density at radius 2 is 2.05 bits per heavy atom. The summed E-state index contributed by atoms with van der Waals surface area (Å²) in [5, 5.41) is 4.26. The van der Waals surface area contributed by atoms with Gasteiger partial charge in [0.2, 0.25) is 5.91 Å². The molecule has 21 heavy (non-hydrogen) atoms. The third-order valence-corrected chi connectivity index (χ3v) is 3.21. The number of aromatic nitrogens is 3. The molecule has 0 saturated heterocycles. The first-order chi connectivity index (χ1) is 10.0. The van der Waals surface area contributed by atoms with E-state index in [2.05, 4.69) is 10.1 Å². The van der Waals surface area contributed by atoms with Gasteiger partial charge in [-0.1, -0.05) is 30.3 Å². The first kappa shape index (κ1) is 14.9. The lowest BCUT2D eigenvalue weighted by molar-refractivity contribution is -0.122. The molecule has 1 atom stereocenters. The van der Waals surface area contributed by atoms with Crippen molar-refractivity contribution in [3.05, 3.63) is 57.8 Å². The maximum atomic E-state index is 11.9. The molecule has 110 valence electrons. The van der Waals surface area contributed by atoms with Crippen LogP contribution in [0.25, 0.3) is 0 Å². The zero-order valence-electron chi connectivity index (χ0n) is 11.9. The molecule has 2 rings (SSSR count). The molecule has 2 aromatic rings. The Labute approximate surface area is 121 Å². The number of carbonyl (C=O) groups is 1. The van der Waals surface area contributed by atoms with Crippen molar-refractivity contribution in [2.24, 2.45) is 5.84 Å². The highest BCUT2D eigenvalue weighted by Crippen LogP contribution is 2.09. The molecule has 0 aliphatic heterocycles. The van der Waals surface area contributed by atoms with Crippen molar-refractivity contribution in [1.29, 1.82) is 0 Å². The molecule has 0 radical (unpaired) electrons. The van der Waals surface area contributed by atoms with Crippen molar-refractivity contribution in [2.45, 2.75) is 26.3 Å². The van der Waals surface area contributed by atoms with Crippen molar-refractivity contribution in [3.63, 3.8) is 0 Å². The molecule has 1 unspecified atom stereocenters. The summed E-state index contributed by atoms with van der Waals surface area (Å²) in [4.78, 5) is 27.4. The normalized spacial score (nSPS) is 12.0. The number of hydrogen-bond donors (Lipinski definition) is 2. The van der Waals surface area contributed by atoms with E-state index < -0.39 is 17.4 Å². The maximum Gasteiger partial charge on any atom is 0.295 e. The van der Waals surface area contributed by atoms with Crippen LogP contribution in [0.15, 0.2) is 35.1 Å². The SMILES string of the molecule is Cc1nc(=O)c(C(C)C(=O)NN)nn1Cc1ccccc1. The van der Waals surface area contributed by atoms with Gasteiger partial charge in [0, 0.05) is 0 Å². The quantitative estimate of drug-likeness (QED) is 0.471. The number of hydrazine groups is 1. The van der Waals surface area contributed by atoms with Crippen molar-refractivity contribution >= 4 is 5.91 Å². The number of nitrogens with one attached hydrogen (secondary N) is 1. The summed E-state index contributed by atoms with van der Waals surface area (Å²) in [5.41, 5.74) is 2.62. The van der Waals surface area contributed by atoms with Gasteiger partial charge in [-0.05, 0) is 19.4 Å². The van der Waals surface area contributed by atoms with Crippen molar-refractivity contribution in [2.75, 3.05) is 0 Å². The van der Waals surface area contributed by atoms with Crippen LogP contribution in [0.5, 0.6) is 0 Å². The zero-order chi connectivity index (χ0) is 15.4. The number of nitrogens with zero attached hydrogens (tertiary/aromatic N) is 3. The molecule has 1 heterocycles. The van der Waals surface area contributed by atoms with E-state index in [1.807, 2.05) is 35.8 Å². The van der Waals surface area contributed by atoms with Gasteiger partial charge in [-0.2, -0.15) is 10.1 Å². The van der Waals surface area contributed by atoms with Crippen molar-refractivity contribution in [1.82, 2.24) is 20.2 Å². The number of amides is 1. The lowest BCUT2D eigenvalue weighted by Gasteiger charge is -2.13. The fourth-order valence-corrected chi connectivity index (χ4v) is 1.93. The van der Waals surface area contributed by atoms with Crippen molar-refractivity contribution in [3.8, 4) is 0 Å². The van der Waals surface area contributed by atoms with E-state index in [1.165, 1.54) is 0 Å². The second kappa shape index (κ2) is 6.27. The van der Waals surface area contributed by atoms with E-state index in [0.717, 1.165) is 5.56 Å². The Morgan fingerprint density at radius 1 is 1.38 bits per heavy atom. The Kier molecular flexibility index (Phi) is 4.44. The van der Waals surface area contributed by atoms with Crippen LogP contribution in [0, 0.1) is 6.92 Å². The molecule has 0 bridgehead atoms. The van der Waals surface area contributed by atoms with E-state index in [4.69, 9.17) is 5.84 Å². The minimum atomic E-state index is -0.752. The largest absolute Gasteiger partial charge is 0.295 e. The zero-order valence-corrected chi connectivity index (χ0v) is 11.9. The first-order valence-corrected chi connectivity index (χ1v) is 6.53. The van der Waals surface area contributed by atoms with E-state index >= 15 is 0 Å². The lowest BCUT2D eigenvalue weighted by Crippen LogP contribution is -2.37. The first-order valence-electron chi connectivity index (χ1n) is 6.53. The number of aryl methyl sites for hydroxylation is 1. The Bertz CT molecular complexity index is 696. The molecule has 0 saturated carbocycles. The summed E-state index contributed by atoms with van der Waals surface area (Å²) in [6.45, 7) is 3.74. The maximum absolute atomic E-state index is 11.9. The average molecular weight is 287 g/mol. The van der Waals surface area contributed by atoms with E-state index in [0.29, 0.717) is 12.4 Å². The summed E-state index contributed by atoms with van der Waals surface area (Å²) < 4.78 is 1.60. The predicted octanol–water partition coefficient (Wildman–Crippen LogP) is 0.0884. The Morgan fingerprint density at radius 3 is 2.67 bits per heavy atom. The van der Waals surface area contributed by atoms with Crippen molar-refractivity contribution < 1.29 is 4.79 Å². The molecule has 0 fully saturated rings. The van der Waals surface area contributed by atoms with Gasteiger partial charge in [0.25, 0.3) is 5.56 Å². The Hall–Kier alpha value is -2.54. The minimum absolute atomic E-state index is 0.0829. The third-order valence-electron chi connectivity index (χ3n) is 3.21. The van der Waals surface area contributed by atoms with E-state index in [1.54, 1.807) is 18.5 Å². The van der Waals surface area contributed by atoms with Gasteiger partial charge in [-0.25, -0.2) is 10.5 Å². The van der Waals surface area contributed by atoms with Gasteiger partial charge in [0.1, 0.15) is 11.5 Å². The second-order valence-electron chi connectivity index (χ2n) is 4.72. The molecule has 0 aliphatic rings. The summed E-state index contributed by atoms with van der Waals surface area (Å²) in [7, 11) is 0. The molecule has 1 aromatic carbocycles. The highest BCUT2D eigenvalue weighted by atomic mass is 16.2. The highest BCUT2D eigenvalue weighted by molar-refractivity contribution is 5.81. The molecule has 0 aliphatic carbocycles. The number of carbonyl (C=O) groups excluding carboxylic acids is 1. The standard InChI is InChI=1S/C14H17N5O2/c1-9(13(20)17-15)12-14(21)16-10(2)19(18-12)8-11-6-4-3-5-7-11/h3-7,9H,8,15H2,1-2H3,(H,17,20). The molecule has 0 spiro atoms.